The Bertz CT molecular complexity index is 53.7. The van der Waals surface area contributed by atoms with Crippen LogP contribution in [0.4, 0.5) is 0 Å². The Morgan fingerprint density at radius 1 is 1.29 bits per heavy atom. The molecule has 1 saturated heterocycles. The number of nitrogens with one attached hydrogen (secondary N) is 1. The van der Waals surface area contributed by atoms with Gasteiger partial charge in [0.25, 0.3) is 0 Å². The van der Waals surface area contributed by atoms with E-state index in [-0.39, 0.29) is 0 Å². The number of quaternary nitrogens is 1. The Kier molecular flexibility index (Phi) is 2.04. The molecule has 0 amide bonds. The van der Waals surface area contributed by atoms with Crippen LogP contribution in [0.2, 0.25) is 0 Å². The van der Waals surface area contributed by atoms with Gasteiger partial charge >= 0.3 is 0 Å². The minimum atomic E-state index is 0.471. The van der Waals surface area contributed by atoms with E-state index >= 15 is 0 Å². The molecule has 1 N–H and O–H groups in total. The van der Waals surface area contributed by atoms with Crippen molar-refractivity contribution >= 4 is 8.58 Å². The van der Waals surface area contributed by atoms with E-state index in [1.807, 2.05) is 0 Å². The first-order valence-electron chi connectivity index (χ1n) is 2.62. The molecule has 1 fully saturated rings. The smallest absolute Gasteiger partial charge is 0.0805 e. The van der Waals surface area contributed by atoms with Gasteiger partial charge < -0.3 is 10.3 Å². The molecule has 0 radical (unpaired) electrons. The van der Waals surface area contributed by atoms with Gasteiger partial charge in [-0.2, -0.15) is 0 Å². The van der Waals surface area contributed by atoms with Gasteiger partial charge in [0.15, 0.2) is 0 Å². The van der Waals surface area contributed by atoms with E-state index in [9.17, 15) is 5.21 Å². The van der Waals surface area contributed by atoms with E-state index in [4.69, 9.17) is 0 Å². The monoisotopic (exact) mass is 119 g/mol. The van der Waals surface area contributed by atoms with Crippen LogP contribution in [-0.2, 0) is 0 Å². The van der Waals surface area contributed by atoms with E-state index in [2.05, 4.69) is 0 Å². The van der Waals surface area contributed by atoms with Crippen LogP contribution in [0.15, 0.2) is 0 Å². The van der Waals surface area contributed by atoms with Crippen molar-refractivity contribution in [2.24, 2.45) is 0 Å². The van der Waals surface area contributed by atoms with Gasteiger partial charge in [0.05, 0.1) is 13.1 Å². The molecule has 0 aromatic heterocycles. The van der Waals surface area contributed by atoms with Gasteiger partial charge in [0.1, 0.15) is 0 Å². The summed E-state index contributed by atoms with van der Waals surface area (Å²) in [5.74, 6) is 0. The fraction of sp³-hybridized carbons (Fsp3) is 1.00. The van der Waals surface area contributed by atoms with Gasteiger partial charge in [0, 0.05) is 12.3 Å². The molecule has 0 spiro atoms. The highest BCUT2D eigenvalue weighted by atomic mass is 31.1. The molecule has 1 rings (SSSR count). The number of rotatable bonds is 0. The normalized spacial score (nSPS) is 36.4. The Hall–Kier alpha value is 0.350. The number of hydrogen-bond acceptors (Lipinski definition) is 1. The highest BCUT2D eigenvalue weighted by molar-refractivity contribution is 7.38. The fourth-order valence-electron chi connectivity index (χ4n) is 0.706. The highest BCUT2D eigenvalue weighted by Crippen LogP contribution is 2.06. The van der Waals surface area contributed by atoms with Crippen LogP contribution < -0.4 is 5.06 Å². The average molecular weight is 119 g/mol. The molecule has 42 valence electrons. The second-order valence-electron chi connectivity index (χ2n) is 1.79. The van der Waals surface area contributed by atoms with Gasteiger partial charge in [-0.25, -0.2) is 0 Å². The van der Waals surface area contributed by atoms with Gasteiger partial charge in [0.2, 0.25) is 0 Å². The summed E-state index contributed by atoms with van der Waals surface area (Å²) in [6, 6.07) is 0. The van der Waals surface area contributed by atoms with Crippen molar-refractivity contribution in [1.29, 1.82) is 0 Å². The molecule has 1 heterocycles. The van der Waals surface area contributed by atoms with Crippen molar-refractivity contribution in [3.8, 4) is 0 Å². The molecule has 0 unspecified atom stereocenters. The summed E-state index contributed by atoms with van der Waals surface area (Å²) in [6.07, 6.45) is 2.33. The molecule has 3 heteroatoms. The predicted molar refractivity (Wildman–Crippen MR) is 32.1 cm³/mol. The standard InChI is InChI=1S/C4H10NOP/c6-5-1-3-7-4-2-5/h5,7H,1-4H2. The molecule has 0 aliphatic carbocycles. The molecule has 1 aliphatic rings. The molecule has 2 nitrogen and oxygen atoms in total. The van der Waals surface area contributed by atoms with Gasteiger partial charge in [-0.05, 0) is 0 Å². The third kappa shape index (κ3) is 1.72. The zero-order chi connectivity index (χ0) is 5.11. The lowest BCUT2D eigenvalue weighted by Gasteiger charge is -2.25. The molecule has 7 heavy (non-hydrogen) atoms. The fourth-order valence-corrected chi connectivity index (χ4v) is 1.87. The third-order valence-corrected chi connectivity index (χ3v) is 2.37. The first kappa shape index (κ1) is 5.49. The third-order valence-electron chi connectivity index (χ3n) is 1.16. The Labute approximate surface area is 45.3 Å². The number of hydrogen-bond donors (Lipinski definition) is 1. The van der Waals surface area contributed by atoms with Crippen LogP contribution in [-0.4, -0.2) is 25.4 Å². The SMILES string of the molecule is [O-][NH+]1CCPCC1. The van der Waals surface area contributed by atoms with E-state index in [1.54, 1.807) is 0 Å². The highest BCUT2D eigenvalue weighted by Gasteiger charge is 2.02. The molecule has 0 aromatic rings. The van der Waals surface area contributed by atoms with E-state index < -0.39 is 0 Å². The van der Waals surface area contributed by atoms with Crippen LogP contribution in [0, 0.1) is 5.21 Å². The summed E-state index contributed by atoms with van der Waals surface area (Å²) < 4.78 is 0. The summed E-state index contributed by atoms with van der Waals surface area (Å²) in [6.45, 7) is 1.72. The minimum Gasteiger partial charge on any atom is -0.634 e. The molecular weight excluding hydrogens is 109 g/mol. The van der Waals surface area contributed by atoms with E-state index in [0.29, 0.717) is 5.06 Å². The second-order valence-corrected chi connectivity index (χ2v) is 3.29. The molecule has 1 aliphatic heterocycles. The lowest BCUT2D eigenvalue weighted by atomic mass is 10.6. The molecule has 0 aromatic carbocycles. The van der Waals surface area contributed by atoms with Crippen molar-refractivity contribution in [2.75, 3.05) is 25.4 Å². The Morgan fingerprint density at radius 2 is 1.86 bits per heavy atom. The maximum atomic E-state index is 10.5. The van der Waals surface area contributed by atoms with E-state index in [1.165, 1.54) is 12.3 Å². The number of hydroxylamine groups is 2. The summed E-state index contributed by atoms with van der Waals surface area (Å²) in [4.78, 5) is 0. The van der Waals surface area contributed by atoms with Crippen molar-refractivity contribution in [3.63, 3.8) is 0 Å². The van der Waals surface area contributed by atoms with Crippen LogP contribution >= 0.6 is 8.58 Å². The largest absolute Gasteiger partial charge is 0.634 e. The van der Waals surface area contributed by atoms with Gasteiger partial charge in [-0.15, -0.1) is 8.58 Å². The zero-order valence-electron chi connectivity index (χ0n) is 4.24. The topological polar surface area (TPSA) is 27.5 Å². The second kappa shape index (κ2) is 2.61. The van der Waals surface area contributed by atoms with Crippen molar-refractivity contribution in [3.05, 3.63) is 5.21 Å². The Balaban J connectivity index is 2.12. The average Bonchev–Trinajstić information content (AvgIpc) is 1.69. The molecular formula is C4H10NOP. The first-order valence-corrected chi connectivity index (χ1v) is 4.03. The summed E-state index contributed by atoms with van der Waals surface area (Å²) >= 11 is 0. The predicted octanol–water partition coefficient (Wildman–Crippen LogP) is -0.939. The summed E-state index contributed by atoms with van der Waals surface area (Å²) in [7, 11) is 1.07. The van der Waals surface area contributed by atoms with Gasteiger partial charge in [-0.3, -0.25) is 0 Å². The maximum absolute atomic E-state index is 10.5. The van der Waals surface area contributed by atoms with Crippen LogP contribution in [0.1, 0.15) is 0 Å². The quantitative estimate of drug-likeness (QED) is 0.323. The molecule has 0 bridgehead atoms. The minimum absolute atomic E-state index is 0.471. The Morgan fingerprint density at radius 3 is 2.14 bits per heavy atom. The lowest BCUT2D eigenvalue weighted by molar-refractivity contribution is -0.843. The lowest BCUT2D eigenvalue weighted by Crippen LogP contribution is -3.08. The van der Waals surface area contributed by atoms with Crippen molar-refractivity contribution in [2.45, 2.75) is 0 Å². The summed E-state index contributed by atoms with van der Waals surface area (Å²) in [5, 5.41) is 10.9. The molecule has 0 atom stereocenters. The maximum Gasteiger partial charge on any atom is 0.0805 e. The van der Waals surface area contributed by atoms with E-state index in [0.717, 1.165) is 21.7 Å². The van der Waals surface area contributed by atoms with Crippen LogP contribution in [0.3, 0.4) is 0 Å². The van der Waals surface area contributed by atoms with Crippen molar-refractivity contribution < 1.29 is 5.06 Å². The van der Waals surface area contributed by atoms with Crippen molar-refractivity contribution in [1.82, 2.24) is 0 Å². The van der Waals surface area contributed by atoms with Crippen LogP contribution in [0.5, 0.6) is 0 Å². The van der Waals surface area contributed by atoms with Crippen LogP contribution in [0.25, 0.3) is 0 Å². The van der Waals surface area contributed by atoms with Gasteiger partial charge in [-0.1, -0.05) is 0 Å². The summed E-state index contributed by atoms with van der Waals surface area (Å²) in [5.41, 5.74) is 0. The first-order chi connectivity index (χ1) is 3.39. The zero-order valence-corrected chi connectivity index (χ0v) is 5.24. The molecule has 0 saturated carbocycles.